The SMILES string of the molecule is Brc1ccc(-c2ccc(-c3ccc(Br)s3)s2)s1.Cc1[c-]sc(Cl)c1.Cc1cc(Cl)sc1-c1ccc(-c2ccc(-c3ccc(-c4sc(Cl)cc4C)s3)s2)s1.Cc1cc(Cl)sc1-c1ccc(-c2ccc(-c3ccc(Br)s3)s2)s1.Cc1cc(Cl)sc1I.[H-].[H-].[I-].[Mg+2].[Mg+2]. The maximum atomic E-state index is 6.19. The Morgan fingerprint density at radius 1 is 0.310 bits per heavy atom. The van der Waals surface area contributed by atoms with Gasteiger partial charge < -0.3 is 26.8 Å². The largest absolute Gasteiger partial charge is 2.00 e. The molecule has 26 heteroatoms. The molecule has 0 nitrogen and oxygen atoms in total. The Balaban J connectivity index is 0.000000216. The second kappa shape index (κ2) is 35.8. The minimum Gasteiger partial charge on any atom is -1.00 e. The van der Waals surface area contributed by atoms with Gasteiger partial charge in [0, 0.05) is 87.8 Å². The summed E-state index contributed by atoms with van der Waals surface area (Å²) in [7, 11) is 0. The molecule has 0 aliphatic carbocycles. The van der Waals surface area contributed by atoms with Gasteiger partial charge in [0.1, 0.15) is 0 Å². The van der Waals surface area contributed by atoms with Crippen LogP contribution in [0, 0.1) is 42.9 Å². The summed E-state index contributed by atoms with van der Waals surface area (Å²) in [5.74, 6) is 0. The minimum atomic E-state index is 0. The Bertz CT molecular complexity index is 4290. The summed E-state index contributed by atoms with van der Waals surface area (Å²) in [6, 6.07) is 49.4. The van der Waals surface area contributed by atoms with E-state index in [1.165, 1.54) is 136 Å². The van der Waals surface area contributed by atoms with Gasteiger partial charge in [-0.2, -0.15) is 23.2 Å². The molecule has 0 spiro atoms. The third-order valence-corrected chi connectivity index (χ3v) is 32.6. The van der Waals surface area contributed by atoms with Gasteiger partial charge in [-0.1, -0.05) is 57.7 Å². The van der Waals surface area contributed by atoms with Gasteiger partial charge in [0.25, 0.3) is 0 Å². The van der Waals surface area contributed by atoms with Crippen LogP contribution in [0.15, 0.2) is 151 Å². The predicted octanol–water partition coefficient (Wildman–Crippen LogP) is 28.3. The minimum absolute atomic E-state index is 0. The Kier molecular flexibility index (Phi) is 31.3. The molecule has 14 heterocycles. The van der Waals surface area contributed by atoms with Crippen molar-refractivity contribution in [1.29, 1.82) is 0 Å². The van der Waals surface area contributed by atoms with Crippen LogP contribution < -0.4 is 24.0 Å². The van der Waals surface area contributed by atoms with Crippen LogP contribution in [-0.4, -0.2) is 46.1 Å². The van der Waals surface area contributed by atoms with E-state index in [9.17, 15) is 0 Å². The van der Waals surface area contributed by atoms with Gasteiger partial charge in [0.05, 0.1) is 31.6 Å². The van der Waals surface area contributed by atoms with Gasteiger partial charge >= 0.3 is 46.1 Å². The van der Waals surface area contributed by atoms with E-state index in [0.717, 1.165) is 27.2 Å². The van der Waals surface area contributed by atoms with Crippen LogP contribution >= 0.6 is 287 Å². The second-order valence-electron chi connectivity index (χ2n) is 17.8. The summed E-state index contributed by atoms with van der Waals surface area (Å²) < 4.78 is 9.07. The smallest absolute Gasteiger partial charge is 1.00 e. The van der Waals surface area contributed by atoms with Crippen LogP contribution in [0.1, 0.15) is 30.7 Å². The van der Waals surface area contributed by atoms with Gasteiger partial charge in [0.2, 0.25) is 0 Å². The van der Waals surface area contributed by atoms with Crippen LogP contribution in [0.3, 0.4) is 0 Å². The first kappa shape index (κ1) is 76.1. The van der Waals surface area contributed by atoms with E-state index in [0.29, 0.717) is 0 Å². The number of hydrogen-bond acceptors (Lipinski definition) is 14. The van der Waals surface area contributed by atoms with Crippen molar-refractivity contribution in [2.75, 3.05) is 0 Å². The maximum Gasteiger partial charge on any atom is 2.00 e. The van der Waals surface area contributed by atoms with Gasteiger partial charge in [-0.05, 0) is 254 Å². The molecule has 0 bridgehead atoms. The summed E-state index contributed by atoms with van der Waals surface area (Å²) in [6.45, 7) is 10.4. The van der Waals surface area contributed by atoms with E-state index in [4.69, 9.17) is 58.0 Å². The first-order valence-electron chi connectivity index (χ1n) is 24.5. The van der Waals surface area contributed by atoms with Crippen LogP contribution in [0.4, 0.5) is 0 Å². The van der Waals surface area contributed by atoms with Crippen molar-refractivity contribution in [3.05, 3.63) is 209 Å². The van der Waals surface area contributed by atoms with Crippen molar-refractivity contribution in [2.24, 2.45) is 0 Å². The average molecular weight is 1940 g/mol. The van der Waals surface area contributed by atoms with Crippen LogP contribution in [0.5, 0.6) is 0 Å². The Labute approximate surface area is 679 Å². The number of rotatable bonds is 9. The van der Waals surface area contributed by atoms with Crippen molar-refractivity contribution in [3.63, 3.8) is 0 Å². The summed E-state index contributed by atoms with van der Waals surface area (Å²) in [5, 5.41) is 2.98. The van der Waals surface area contributed by atoms with Crippen molar-refractivity contribution >= 4 is 333 Å². The zero-order valence-electron chi connectivity index (χ0n) is 47.7. The fraction of sp³-hybridized carbons (Fsp3) is 0.0820. The first-order valence-corrected chi connectivity index (χ1v) is 41.3. The fourth-order valence-corrected chi connectivity index (χ4v) is 26.0. The molecule has 0 radical (unpaired) electrons. The molecule has 0 atom stereocenters. The van der Waals surface area contributed by atoms with E-state index in [2.05, 4.69) is 213 Å². The quantitative estimate of drug-likeness (QED) is 0.0768. The second-order valence-corrected chi connectivity index (χ2v) is 41.7. The van der Waals surface area contributed by atoms with E-state index >= 15 is 0 Å². The Morgan fingerprint density at radius 3 is 0.701 bits per heavy atom. The average Bonchev–Trinajstić information content (AvgIpc) is 2.34. The molecule has 14 aromatic rings. The molecule has 0 saturated heterocycles. The van der Waals surface area contributed by atoms with Gasteiger partial charge in [0.15, 0.2) is 0 Å². The third kappa shape index (κ3) is 20.9. The molecule has 0 N–H and O–H groups in total. The first-order chi connectivity index (χ1) is 40.3. The topological polar surface area (TPSA) is 0 Å². The van der Waals surface area contributed by atoms with Crippen molar-refractivity contribution in [1.82, 2.24) is 0 Å². The Morgan fingerprint density at radius 2 is 0.540 bits per heavy atom. The van der Waals surface area contributed by atoms with Crippen LogP contribution in [-0.2, 0) is 0 Å². The van der Waals surface area contributed by atoms with Crippen LogP contribution in [0.2, 0.25) is 21.7 Å². The molecule has 14 aromatic heterocycles. The zero-order chi connectivity index (χ0) is 59.3. The molecule has 14 rings (SSSR count). The van der Waals surface area contributed by atoms with E-state index < -0.39 is 0 Å². The maximum absolute atomic E-state index is 6.19. The van der Waals surface area contributed by atoms with E-state index in [-0.39, 0.29) is 72.9 Å². The van der Waals surface area contributed by atoms with E-state index in [1.807, 2.05) is 105 Å². The van der Waals surface area contributed by atoms with Gasteiger partial charge in [-0.15, -0.1) is 153 Å². The molecule has 0 unspecified atom stereocenters. The molecule has 0 saturated carbocycles. The molecule has 0 fully saturated rings. The number of halogens is 10. The molecular weight excluding hydrogens is 1900 g/mol. The summed E-state index contributed by atoms with van der Waals surface area (Å²) in [5.41, 5.74) is 6.14. The molecule has 0 amide bonds. The van der Waals surface area contributed by atoms with Gasteiger partial charge in [-0.3, -0.25) is 11.3 Å². The number of aryl methyl sites for hydroxylation is 5. The summed E-state index contributed by atoms with van der Waals surface area (Å²) >= 11 is 67.0. The Hall–Kier alpha value is 1.68. The molecule has 0 aromatic carbocycles. The number of hydrogen-bond donors (Lipinski definition) is 0. The fourth-order valence-electron chi connectivity index (χ4n) is 7.77. The van der Waals surface area contributed by atoms with Crippen molar-refractivity contribution in [3.8, 4) is 87.8 Å². The molecule has 87 heavy (non-hydrogen) atoms. The summed E-state index contributed by atoms with van der Waals surface area (Å²) in [4.78, 5) is 23.5. The van der Waals surface area contributed by atoms with Crippen molar-refractivity contribution in [2.45, 2.75) is 34.6 Å². The molecule has 0 aliphatic heterocycles. The van der Waals surface area contributed by atoms with E-state index in [1.54, 1.807) is 79.4 Å². The predicted molar refractivity (Wildman–Crippen MR) is 429 cm³/mol. The normalized spacial score (nSPS) is 10.6. The number of thiophene rings is 14. The van der Waals surface area contributed by atoms with Crippen molar-refractivity contribution < 1.29 is 26.8 Å². The molecule has 0 aliphatic rings. The molecular formula is C61H40Br3Cl5I2Mg2S14. The van der Waals surface area contributed by atoms with Crippen LogP contribution in [0.25, 0.3) is 87.8 Å². The van der Waals surface area contributed by atoms with Gasteiger partial charge in [-0.25, -0.2) is 0 Å². The summed E-state index contributed by atoms with van der Waals surface area (Å²) in [6.07, 6.45) is 0. The monoisotopic (exact) mass is 1930 g/mol. The molecule has 442 valence electrons. The zero-order valence-corrected chi connectivity index (χ0v) is 72.8. The third-order valence-electron chi connectivity index (χ3n) is 11.6. The standard InChI is InChI=1S/C22H14Cl2S5.C17H10BrClS4.C12H6Br2S3.C5H4ClIS.C5H4ClS.HI.2Mg.2H/c1-11-9-19(23)28-21(11)17-7-5-15(26-17)13-3-4-14(25-13)16-6-8-18(27-16)22-12(2)10-20(24)29-22;1-9-8-16(19)23-17(9)14-5-4-11(21-14)10-2-3-12(20-10)13-6-7-15(18)22-13;13-11-5-3-9(16-11)7-1-2-8(15-7)10-4-6-12(14)17-10;1-3-2-4(6)8-5(3)7;1-4-2-5(6)7-3-4;;;;;/h3-10H,1-2H3;2-8H,1H3;1-6H;2H,1H3;2H,1H3;1H;;;;/q;;;;-1;;2*+2;2*-1/p-1.